The molecule has 3 N–H and O–H groups in total. The van der Waals surface area contributed by atoms with Crippen LogP contribution in [0.3, 0.4) is 0 Å². The summed E-state index contributed by atoms with van der Waals surface area (Å²) < 4.78 is 1.44. The fourth-order valence-corrected chi connectivity index (χ4v) is 3.25. The number of halogens is 2. The zero-order valence-corrected chi connectivity index (χ0v) is 14.9. The van der Waals surface area contributed by atoms with Gasteiger partial charge in [-0.05, 0) is 40.3 Å². The minimum atomic E-state index is -1.30. The van der Waals surface area contributed by atoms with Crippen LogP contribution < -0.4 is 5.43 Å². The number of hydrazone groups is 1. The van der Waals surface area contributed by atoms with Crippen LogP contribution >= 0.6 is 38.5 Å². The lowest BCUT2D eigenvalue weighted by Gasteiger charge is -2.08. The maximum Gasteiger partial charge on any atom is 0.273 e. The summed E-state index contributed by atoms with van der Waals surface area (Å²) in [5, 5.41) is 23.5. The second-order valence-corrected chi connectivity index (χ2v) is 6.45. The molecule has 22 heavy (non-hydrogen) atoms. The van der Waals surface area contributed by atoms with Gasteiger partial charge in [-0.25, -0.2) is 5.43 Å². The number of phenolic OH excluding ortho intramolecular Hbond substituents is 1. The Balaban J connectivity index is 2.05. The summed E-state index contributed by atoms with van der Waals surface area (Å²) in [5.41, 5.74) is 3.18. The first kappa shape index (κ1) is 16.9. The Morgan fingerprint density at radius 2 is 2.00 bits per heavy atom. The molecule has 0 aliphatic carbocycles. The first-order valence-electron chi connectivity index (χ1n) is 6.23. The first-order valence-corrected chi connectivity index (χ1v) is 8.10. The second-order valence-electron chi connectivity index (χ2n) is 4.37. The molecule has 5 nitrogen and oxygen atoms in total. The normalized spacial score (nSPS) is 12.3. The van der Waals surface area contributed by atoms with E-state index in [1.807, 2.05) is 22.6 Å². The van der Waals surface area contributed by atoms with Crippen molar-refractivity contribution in [3.63, 3.8) is 0 Å². The maximum absolute atomic E-state index is 11.8. The van der Waals surface area contributed by atoms with Crippen LogP contribution in [0, 0.1) is 3.57 Å². The highest BCUT2D eigenvalue weighted by Gasteiger charge is 2.16. The number of aliphatic hydroxyl groups is 1. The highest BCUT2D eigenvalue weighted by molar-refractivity contribution is 14.1. The van der Waals surface area contributed by atoms with Crippen molar-refractivity contribution < 1.29 is 15.0 Å². The summed E-state index contributed by atoms with van der Waals surface area (Å²) in [7, 11) is 0. The Morgan fingerprint density at radius 1 is 1.32 bits per heavy atom. The van der Waals surface area contributed by atoms with Gasteiger partial charge in [-0.2, -0.15) is 5.10 Å². The van der Waals surface area contributed by atoms with Crippen molar-refractivity contribution in [2.75, 3.05) is 0 Å². The average Bonchev–Trinajstić information content (AvgIpc) is 2.51. The van der Waals surface area contributed by atoms with E-state index in [0.717, 1.165) is 4.47 Å². The molecule has 114 valence electrons. The summed E-state index contributed by atoms with van der Waals surface area (Å²) in [4.78, 5) is 11.8. The summed E-state index contributed by atoms with van der Waals surface area (Å²) >= 11 is 5.31. The van der Waals surface area contributed by atoms with Crippen LogP contribution in [0.4, 0.5) is 0 Å². The van der Waals surface area contributed by atoms with E-state index in [0.29, 0.717) is 14.7 Å². The predicted molar refractivity (Wildman–Crippen MR) is 95.7 cm³/mol. The van der Waals surface area contributed by atoms with E-state index in [9.17, 15) is 15.0 Å². The van der Waals surface area contributed by atoms with Crippen molar-refractivity contribution in [2.24, 2.45) is 5.10 Å². The first-order chi connectivity index (χ1) is 10.5. The molecular formula is C15H12BrIN2O3. The molecule has 7 heteroatoms. The Kier molecular flexibility index (Phi) is 5.92. The molecule has 0 fully saturated rings. The molecule has 1 atom stereocenters. The van der Waals surface area contributed by atoms with Gasteiger partial charge in [0, 0.05) is 10.0 Å². The number of nitrogens with one attached hydrogen (secondary N) is 1. The Labute approximate surface area is 149 Å². The number of aliphatic hydroxyl groups excluding tert-OH is 1. The summed E-state index contributed by atoms with van der Waals surface area (Å²) in [6.45, 7) is 0. The SMILES string of the molecule is O=C(N/N=C\c1cc(Br)cc(I)c1O)[C@@H](O)c1ccccc1. The molecule has 1 amide bonds. The number of hydrogen-bond donors (Lipinski definition) is 3. The Morgan fingerprint density at radius 3 is 2.68 bits per heavy atom. The minimum absolute atomic E-state index is 0.0745. The van der Waals surface area contributed by atoms with Crippen LogP contribution in [0.25, 0.3) is 0 Å². The summed E-state index contributed by atoms with van der Waals surface area (Å²) in [6.07, 6.45) is 0.0207. The van der Waals surface area contributed by atoms with Gasteiger partial charge in [0.1, 0.15) is 5.75 Å². The lowest BCUT2D eigenvalue weighted by molar-refractivity contribution is -0.129. The van der Waals surface area contributed by atoms with Crippen molar-refractivity contribution in [1.29, 1.82) is 0 Å². The fourth-order valence-electron chi connectivity index (χ4n) is 1.70. The molecule has 0 aromatic heterocycles. The third-order valence-electron chi connectivity index (χ3n) is 2.80. The fraction of sp³-hybridized carbons (Fsp3) is 0.0667. The lowest BCUT2D eigenvalue weighted by Crippen LogP contribution is -2.25. The number of carbonyl (C=O) groups excluding carboxylic acids is 1. The number of rotatable bonds is 4. The number of phenols is 1. The summed E-state index contributed by atoms with van der Waals surface area (Å²) in [6, 6.07) is 12.0. The number of amides is 1. The van der Waals surface area contributed by atoms with Gasteiger partial charge in [-0.15, -0.1) is 0 Å². The third kappa shape index (κ3) is 4.28. The zero-order valence-electron chi connectivity index (χ0n) is 11.2. The number of aromatic hydroxyl groups is 1. The lowest BCUT2D eigenvalue weighted by atomic mass is 10.1. The number of nitrogens with zero attached hydrogens (tertiary/aromatic N) is 1. The average molecular weight is 475 g/mol. The summed E-state index contributed by atoms with van der Waals surface area (Å²) in [5.74, 6) is -0.572. The van der Waals surface area contributed by atoms with E-state index in [4.69, 9.17) is 0 Å². The highest BCUT2D eigenvalue weighted by atomic mass is 127. The van der Waals surface area contributed by atoms with Crippen LogP contribution in [-0.2, 0) is 4.79 Å². The minimum Gasteiger partial charge on any atom is -0.506 e. The molecule has 0 heterocycles. The number of carbonyl (C=O) groups is 1. The smallest absolute Gasteiger partial charge is 0.273 e. The Bertz CT molecular complexity index is 707. The standard InChI is InChI=1S/C15H12BrIN2O3/c16-11-6-10(13(20)12(17)7-11)8-18-19-15(22)14(21)9-4-2-1-3-5-9/h1-8,14,20-21H,(H,19,22)/b18-8-/t14-/m0/s1. The van der Waals surface area contributed by atoms with E-state index < -0.39 is 12.0 Å². The van der Waals surface area contributed by atoms with E-state index in [1.165, 1.54) is 6.21 Å². The molecule has 0 spiro atoms. The molecule has 0 saturated carbocycles. The van der Waals surface area contributed by atoms with E-state index in [2.05, 4.69) is 26.5 Å². The number of hydrogen-bond acceptors (Lipinski definition) is 4. The van der Waals surface area contributed by atoms with Gasteiger partial charge in [-0.1, -0.05) is 46.3 Å². The van der Waals surface area contributed by atoms with Gasteiger partial charge in [0.15, 0.2) is 6.10 Å². The quantitative estimate of drug-likeness (QED) is 0.362. The van der Waals surface area contributed by atoms with Crippen molar-refractivity contribution in [3.05, 3.63) is 61.6 Å². The third-order valence-corrected chi connectivity index (χ3v) is 4.08. The molecular weight excluding hydrogens is 463 g/mol. The molecule has 0 bridgehead atoms. The largest absolute Gasteiger partial charge is 0.506 e. The van der Waals surface area contributed by atoms with Gasteiger partial charge >= 0.3 is 0 Å². The van der Waals surface area contributed by atoms with Gasteiger partial charge in [-0.3, -0.25) is 4.79 Å². The van der Waals surface area contributed by atoms with Crippen molar-refractivity contribution in [3.8, 4) is 5.75 Å². The van der Waals surface area contributed by atoms with Gasteiger partial charge in [0.2, 0.25) is 0 Å². The maximum atomic E-state index is 11.8. The van der Waals surface area contributed by atoms with Crippen LogP contribution in [0.15, 0.2) is 52.0 Å². The van der Waals surface area contributed by atoms with E-state index >= 15 is 0 Å². The zero-order chi connectivity index (χ0) is 16.1. The van der Waals surface area contributed by atoms with Gasteiger partial charge < -0.3 is 10.2 Å². The van der Waals surface area contributed by atoms with Crippen LogP contribution in [0.2, 0.25) is 0 Å². The number of benzene rings is 2. The van der Waals surface area contributed by atoms with Crippen LogP contribution in [-0.4, -0.2) is 22.3 Å². The molecule has 0 radical (unpaired) electrons. The van der Waals surface area contributed by atoms with Crippen molar-refractivity contribution in [2.45, 2.75) is 6.10 Å². The second kappa shape index (κ2) is 7.70. The molecule has 2 aromatic carbocycles. The molecule has 0 saturated heterocycles. The molecule has 0 aliphatic rings. The predicted octanol–water partition coefficient (Wildman–Crippen LogP) is 2.94. The Hall–Kier alpha value is -1.45. The van der Waals surface area contributed by atoms with Crippen LogP contribution in [0.1, 0.15) is 17.2 Å². The highest BCUT2D eigenvalue weighted by Crippen LogP contribution is 2.27. The van der Waals surface area contributed by atoms with E-state index in [-0.39, 0.29) is 5.75 Å². The molecule has 2 rings (SSSR count). The van der Waals surface area contributed by atoms with Gasteiger partial charge in [0.05, 0.1) is 9.78 Å². The van der Waals surface area contributed by atoms with Crippen LogP contribution in [0.5, 0.6) is 5.75 Å². The topological polar surface area (TPSA) is 81.9 Å². The molecule has 2 aromatic rings. The van der Waals surface area contributed by atoms with Crippen molar-refractivity contribution in [1.82, 2.24) is 5.43 Å². The molecule has 0 aliphatic heterocycles. The monoisotopic (exact) mass is 474 g/mol. The van der Waals surface area contributed by atoms with Gasteiger partial charge in [0.25, 0.3) is 5.91 Å². The van der Waals surface area contributed by atoms with Crippen molar-refractivity contribution >= 4 is 50.6 Å². The van der Waals surface area contributed by atoms with E-state index in [1.54, 1.807) is 42.5 Å². The molecule has 0 unspecified atom stereocenters.